The van der Waals surface area contributed by atoms with Crippen molar-refractivity contribution < 1.29 is 29.2 Å². The molecule has 10 heteroatoms. The fraction of sp³-hybridized carbons (Fsp3) is 0.500. The minimum Gasteiger partial charge on any atom is -0.535 e. The quantitative estimate of drug-likeness (QED) is 0.541. The van der Waals surface area contributed by atoms with E-state index in [0.29, 0.717) is 38.2 Å². The van der Waals surface area contributed by atoms with Crippen LogP contribution in [0, 0.1) is 0 Å². The molecule has 1 aromatic carbocycles. The lowest BCUT2D eigenvalue weighted by atomic mass is 9.64. The summed E-state index contributed by atoms with van der Waals surface area (Å²) < 4.78 is 5.43. The molecule has 0 aliphatic carbocycles. The van der Waals surface area contributed by atoms with Crippen LogP contribution in [0.1, 0.15) is 22.3 Å². The molecule has 28 heavy (non-hydrogen) atoms. The Morgan fingerprint density at radius 2 is 1.93 bits per heavy atom. The number of aromatic carboxylic acids is 1. The van der Waals surface area contributed by atoms with Gasteiger partial charge in [-0.05, 0) is 18.1 Å². The van der Waals surface area contributed by atoms with E-state index in [1.165, 1.54) is 6.07 Å². The third kappa shape index (κ3) is 4.52. The molecule has 0 spiro atoms. The molecular weight excluding hydrogens is 365 g/mol. The second-order valence-corrected chi connectivity index (χ2v) is 7.18. The smallest absolute Gasteiger partial charge is 0.526 e. The summed E-state index contributed by atoms with van der Waals surface area (Å²) in [4.78, 5) is 39.0. The van der Waals surface area contributed by atoms with Crippen LogP contribution >= 0.6 is 0 Å². The van der Waals surface area contributed by atoms with E-state index >= 15 is 0 Å². The van der Waals surface area contributed by atoms with Gasteiger partial charge in [-0.15, -0.1) is 0 Å². The third-order valence-corrected chi connectivity index (χ3v) is 5.24. The summed E-state index contributed by atoms with van der Waals surface area (Å²) in [6.45, 7) is 2.53. The number of Topliss-reactive ketones (excluding diaryl/α,β-unsaturated/α-hetero) is 1. The molecule has 0 radical (unpaired) electrons. The van der Waals surface area contributed by atoms with Crippen molar-refractivity contribution in [3.05, 3.63) is 29.3 Å². The Labute approximate surface area is 163 Å². The molecule has 9 nitrogen and oxygen atoms in total. The highest BCUT2D eigenvalue weighted by Gasteiger charge is 2.38. The number of hydrogen-bond acceptors (Lipinski definition) is 7. The summed E-state index contributed by atoms with van der Waals surface area (Å²) in [5.41, 5.74) is 6.05. The first kappa shape index (κ1) is 20.3. The molecule has 3 rings (SSSR count). The highest BCUT2D eigenvalue weighted by Crippen LogP contribution is 2.36. The average molecular weight is 389 g/mol. The molecule has 2 heterocycles. The molecule has 0 unspecified atom stereocenters. The number of carboxylic acid groups (broad SMARTS) is 1. The van der Waals surface area contributed by atoms with E-state index in [1.807, 2.05) is 4.90 Å². The summed E-state index contributed by atoms with van der Waals surface area (Å²) in [7, 11) is -1.23. The molecule has 1 aromatic rings. The second-order valence-electron chi connectivity index (χ2n) is 7.18. The van der Waals surface area contributed by atoms with E-state index in [-0.39, 0.29) is 42.5 Å². The van der Waals surface area contributed by atoms with E-state index < -0.39 is 18.9 Å². The van der Waals surface area contributed by atoms with Gasteiger partial charge in [0.15, 0.2) is 0 Å². The maximum absolute atomic E-state index is 12.5. The summed E-state index contributed by atoms with van der Waals surface area (Å²) >= 11 is 0. The summed E-state index contributed by atoms with van der Waals surface area (Å²) in [6, 6.07) is 4.80. The molecule has 1 fully saturated rings. The van der Waals surface area contributed by atoms with E-state index in [0.717, 1.165) is 0 Å². The van der Waals surface area contributed by atoms with Crippen molar-refractivity contribution in [2.24, 2.45) is 5.73 Å². The van der Waals surface area contributed by atoms with Crippen LogP contribution in [-0.4, -0.2) is 84.0 Å². The maximum Gasteiger partial charge on any atom is 0.526 e. The zero-order valence-electron chi connectivity index (χ0n) is 15.5. The maximum atomic E-state index is 12.5. The number of carbonyl (C=O) groups is 3. The van der Waals surface area contributed by atoms with Gasteiger partial charge in [0.25, 0.3) is 0 Å². The van der Waals surface area contributed by atoms with Crippen LogP contribution in [0.15, 0.2) is 18.2 Å². The van der Waals surface area contributed by atoms with Crippen LogP contribution in [-0.2, 0) is 16.0 Å². The van der Waals surface area contributed by atoms with Crippen LogP contribution < -0.4 is 10.4 Å². The Morgan fingerprint density at radius 3 is 2.57 bits per heavy atom. The van der Waals surface area contributed by atoms with Crippen LogP contribution in [0.2, 0.25) is 5.82 Å². The number of para-hydroxylation sites is 1. The number of carbonyl (C=O) groups excluding carboxylic acids is 2. The minimum atomic E-state index is -1.23. The number of ketones is 1. The Morgan fingerprint density at radius 1 is 1.21 bits per heavy atom. The van der Waals surface area contributed by atoms with Gasteiger partial charge in [-0.2, -0.15) is 0 Å². The van der Waals surface area contributed by atoms with Gasteiger partial charge in [0.05, 0.1) is 18.7 Å². The van der Waals surface area contributed by atoms with Gasteiger partial charge in [0.1, 0.15) is 11.5 Å². The SMILES string of the molecule is NCC(=O)N1CCN(CC(=O)C[C@H]2Cc3cccc(C(=O)O)c3OB2O)CC1. The normalized spacial score (nSPS) is 19.7. The predicted octanol–water partition coefficient (Wildman–Crippen LogP) is -0.767. The van der Waals surface area contributed by atoms with Gasteiger partial charge in [0, 0.05) is 38.4 Å². The predicted molar refractivity (Wildman–Crippen MR) is 101 cm³/mol. The molecule has 2 aliphatic heterocycles. The third-order valence-electron chi connectivity index (χ3n) is 5.24. The molecule has 1 atom stereocenters. The van der Waals surface area contributed by atoms with Crippen LogP contribution in [0.3, 0.4) is 0 Å². The topological polar surface area (TPSA) is 133 Å². The first-order valence-electron chi connectivity index (χ1n) is 9.31. The molecule has 0 bridgehead atoms. The Balaban J connectivity index is 1.55. The highest BCUT2D eigenvalue weighted by atomic mass is 16.5. The van der Waals surface area contributed by atoms with Crippen molar-refractivity contribution in [1.82, 2.24) is 9.80 Å². The van der Waals surface area contributed by atoms with E-state index in [1.54, 1.807) is 17.0 Å². The summed E-state index contributed by atoms with van der Waals surface area (Å²) in [6.07, 6.45) is 0.516. The second kappa shape index (κ2) is 8.72. The Bertz CT molecular complexity index is 766. The number of piperazine rings is 1. The van der Waals surface area contributed by atoms with Crippen molar-refractivity contribution in [2.75, 3.05) is 39.3 Å². The molecule has 4 N–H and O–H groups in total. The molecular formula is C18H24BN3O6. The van der Waals surface area contributed by atoms with E-state index in [2.05, 4.69) is 0 Å². The fourth-order valence-electron chi connectivity index (χ4n) is 3.72. The molecule has 1 saturated heterocycles. The monoisotopic (exact) mass is 389 g/mol. The van der Waals surface area contributed by atoms with Crippen molar-refractivity contribution in [3.8, 4) is 5.75 Å². The number of nitrogens with zero attached hydrogens (tertiary/aromatic N) is 2. The number of rotatable bonds is 6. The fourth-order valence-corrected chi connectivity index (χ4v) is 3.72. The van der Waals surface area contributed by atoms with Gasteiger partial charge in [-0.3, -0.25) is 14.5 Å². The standard InChI is InChI=1S/C18H24BN3O6/c20-10-16(24)22-6-4-21(5-7-22)11-14(23)9-13-8-12-2-1-3-15(18(25)26)17(12)28-19(13)27/h1-3,13,27H,4-11,20H2,(H,25,26)/t13-/m1/s1. The van der Waals surface area contributed by atoms with Gasteiger partial charge >= 0.3 is 13.1 Å². The van der Waals surface area contributed by atoms with Gasteiger partial charge < -0.3 is 25.4 Å². The number of amides is 1. The molecule has 150 valence electrons. The van der Waals surface area contributed by atoms with Crippen molar-refractivity contribution >= 4 is 24.8 Å². The lowest BCUT2D eigenvalue weighted by molar-refractivity contribution is -0.131. The molecule has 0 saturated carbocycles. The first-order valence-corrected chi connectivity index (χ1v) is 9.31. The van der Waals surface area contributed by atoms with Crippen molar-refractivity contribution in [3.63, 3.8) is 0 Å². The zero-order valence-corrected chi connectivity index (χ0v) is 15.5. The lowest BCUT2D eigenvalue weighted by Gasteiger charge is -2.34. The number of fused-ring (bicyclic) bond motifs is 1. The van der Waals surface area contributed by atoms with Crippen LogP contribution in [0.25, 0.3) is 0 Å². The van der Waals surface area contributed by atoms with Crippen molar-refractivity contribution in [1.29, 1.82) is 0 Å². The van der Waals surface area contributed by atoms with Crippen LogP contribution in [0.4, 0.5) is 0 Å². The highest BCUT2D eigenvalue weighted by molar-refractivity contribution is 6.47. The number of carboxylic acids is 1. The van der Waals surface area contributed by atoms with Gasteiger partial charge in [-0.25, -0.2) is 4.79 Å². The van der Waals surface area contributed by atoms with Gasteiger partial charge in [0.2, 0.25) is 5.91 Å². The van der Waals surface area contributed by atoms with Gasteiger partial charge in [-0.1, -0.05) is 12.1 Å². The molecule has 1 amide bonds. The Hall–Kier alpha value is -2.43. The zero-order chi connectivity index (χ0) is 20.3. The molecule has 2 aliphatic rings. The average Bonchev–Trinajstić information content (AvgIpc) is 2.68. The van der Waals surface area contributed by atoms with E-state index in [4.69, 9.17) is 10.4 Å². The number of hydrogen-bond donors (Lipinski definition) is 3. The number of nitrogens with two attached hydrogens (primary N) is 1. The number of benzene rings is 1. The summed E-state index contributed by atoms with van der Waals surface area (Å²) in [5, 5.41) is 19.5. The van der Waals surface area contributed by atoms with Crippen molar-refractivity contribution in [2.45, 2.75) is 18.7 Å². The van der Waals surface area contributed by atoms with Crippen LogP contribution in [0.5, 0.6) is 5.75 Å². The molecule has 0 aromatic heterocycles. The minimum absolute atomic E-state index is 0.00576. The first-order chi connectivity index (χ1) is 13.4. The van der Waals surface area contributed by atoms with E-state index in [9.17, 15) is 24.5 Å². The largest absolute Gasteiger partial charge is 0.535 e. The summed E-state index contributed by atoms with van der Waals surface area (Å²) in [5.74, 6) is -1.49. The lowest BCUT2D eigenvalue weighted by Crippen LogP contribution is -2.51. The Kier molecular flexibility index (Phi) is 6.33.